The second-order valence-electron chi connectivity index (χ2n) is 3.29. The minimum atomic E-state index is -3.68. The summed E-state index contributed by atoms with van der Waals surface area (Å²) in [5, 5.41) is 0.117. The summed E-state index contributed by atoms with van der Waals surface area (Å²) in [5.41, 5.74) is 0. The molecule has 18 heavy (non-hydrogen) atoms. The van der Waals surface area contributed by atoms with Crippen LogP contribution in [0.2, 0.25) is 5.15 Å². The Labute approximate surface area is 117 Å². The highest BCUT2D eigenvalue weighted by Crippen LogP contribution is 2.17. The average molecular weight is 349 g/mol. The van der Waals surface area contributed by atoms with Crippen molar-refractivity contribution in [1.82, 2.24) is 9.97 Å². The quantitative estimate of drug-likeness (QED) is 0.925. The predicted octanol–water partition coefficient (Wildman–Crippen LogP) is 2.69. The number of sulfonamides is 1. The van der Waals surface area contributed by atoms with Gasteiger partial charge in [-0.15, -0.1) is 0 Å². The molecule has 0 unspecified atom stereocenters. The fourth-order valence-corrected chi connectivity index (χ4v) is 2.60. The van der Waals surface area contributed by atoms with Crippen LogP contribution in [0.15, 0.2) is 46.0 Å². The minimum Gasteiger partial charge on any atom is -0.262 e. The molecule has 2 aromatic rings. The molecule has 8 heteroatoms. The Morgan fingerprint density at radius 3 is 2.44 bits per heavy atom. The molecule has 94 valence electrons. The van der Waals surface area contributed by atoms with Crippen molar-refractivity contribution in [3.63, 3.8) is 0 Å². The maximum atomic E-state index is 12.0. The van der Waals surface area contributed by atoms with Crippen LogP contribution in [0.25, 0.3) is 0 Å². The Hall–Kier alpha value is -1.18. The summed E-state index contributed by atoms with van der Waals surface area (Å²) < 4.78 is 27.1. The van der Waals surface area contributed by atoms with Crippen LogP contribution in [0.5, 0.6) is 0 Å². The molecular formula is C10H7BrClN3O2S. The highest BCUT2D eigenvalue weighted by molar-refractivity contribution is 9.10. The minimum absolute atomic E-state index is 0.0745. The highest BCUT2D eigenvalue weighted by atomic mass is 79.9. The summed E-state index contributed by atoms with van der Waals surface area (Å²) in [6, 6.07) is 6.23. The third-order valence-electron chi connectivity index (χ3n) is 1.97. The van der Waals surface area contributed by atoms with Crippen LogP contribution >= 0.6 is 27.5 Å². The molecule has 0 radical (unpaired) electrons. The van der Waals surface area contributed by atoms with Gasteiger partial charge < -0.3 is 0 Å². The van der Waals surface area contributed by atoms with Gasteiger partial charge in [-0.3, -0.25) is 9.71 Å². The first kappa shape index (κ1) is 13.3. The van der Waals surface area contributed by atoms with E-state index in [0.29, 0.717) is 0 Å². The molecular weight excluding hydrogens is 342 g/mol. The van der Waals surface area contributed by atoms with Gasteiger partial charge >= 0.3 is 0 Å². The lowest BCUT2D eigenvalue weighted by molar-refractivity contribution is 0.601. The van der Waals surface area contributed by atoms with Crippen LogP contribution in [0.1, 0.15) is 0 Å². The van der Waals surface area contributed by atoms with E-state index < -0.39 is 10.0 Å². The number of benzene rings is 1. The lowest BCUT2D eigenvalue weighted by Gasteiger charge is -2.06. The first-order valence-electron chi connectivity index (χ1n) is 4.73. The Bertz CT molecular complexity index is 661. The van der Waals surface area contributed by atoms with Gasteiger partial charge in [0.1, 0.15) is 5.15 Å². The van der Waals surface area contributed by atoms with Crippen molar-refractivity contribution in [1.29, 1.82) is 0 Å². The molecule has 0 atom stereocenters. The van der Waals surface area contributed by atoms with E-state index in [-0.39, 0.29) is 15.9 Å². The van der Waals surface area contributed by atoms with Crippen molar-refractivity contribution in [3.8, 4) is 0 Å². The van der Waals surface area contributed by atoms with Gasteiger partial charge in [-0.1, -0.05) is 27.5 Å². The lowest BCUT2D eigenvalue weighted by atomic mass is 10.4. The van der Waals surface area contributed by atoms with Crippen LogP contribution in [0.4, 0.5) is 5.82 Å². The second kappa shape index (κ2) is 5.21. The number of hydrogen-bond donors (Lipinski definition) is 1. The molecule has 0 aliphatic heterocycles. The molecule has 1 aromatic heterocycles. The summed E-state index contributed by atoms with van der Waals surface area (Å²) >= 11 is 8.86. The van der Waals surface area contributed by atoms with Crippen LogP contribution in [0.3, 0.4) is 0 Å². The number of nitrogens with one attached hydrogen (secondary N) is 1. The second-order valence-corrected chi connectivity index (χ2v) is 6.27. The molecule has 2 rings (SSSR count). The monoisotopic (exact) mass is 347 g/mol. The smallest absolute Gasteiger partial charge is 0.262 e. The van der Waals surface area contributed by atoms with Crippen molar-refractivity contribution >= 4 is 43.4 Å². The van der Waals surface area contributed by atoms with Crippen LogP contribution in [0, 0.1) is 0 Å². The Kier molecular flexibility index (Phi) is 3.84. The zero-order chi connectivity index (χ0) is 13.2. The van der Waals surface area contributed by atoms with Crippen molar-refractivity contribution in [2.24, 2.45) is 0 Å². The molecule has 5 nitrogen and oxygen atoms in total. The molecule has 0 saturated heterocycles. The summed E-state index contributed by atoms with van der Waals surface area (Å²) in [6.07, 6.45) is 2.60. The Balaban J connectivity index is 2.30. The fourth-order valence-electron chi connectivity index (χ4n) is 1.20. The summed E-state index contributed by atoms with van der Waals surface area (Å²) in [5.74, 6) is 0.0745. The van der Waals surface area contributed by atoms with Gasteiger partial charge in [-0.2, -0.15) is 0 Å². The van der Waals surface area contributed by atoms with E-state index in [1.54, 1.807) is 12.1 Å². The van der Waals surface area contributed by atoms with Crippen molar-refractivity contribution < 1.29 is 8.42 Å². The fraction of sp³-hybridized carbons (Fsp3) is 0. The molecule has 0 aliphatic rings. The molecule has 0 amide bonds. The standard InChI is InChI=1S/C10H7BrClN3O2S/c11-7-1-3-8(4-2-7)18(16,17)15-10-6-13-5-9(12)14-10/h1-6H,(H,14,15). The first-order valence-corrected chi connectivity index (χ1v) is 7.39. The number of aromatic nitrogens is 2. The van der Waals surface area contributed by atoms with E-state index in [1.807, 2.05) is 0 Å². The zero-order valence-electron chi connectivity index (χ0n) is 8.84. The van der Waals surface area contributed by atoms with Crippen LogP contribution in [-0.4, -0.2) is 18.4 Å². The van der Waals surface area contributed by atoms with Gasteiger partial charge in [0.2, 0.25) is 0 Å². The Morgan fingerprint density at radius 2 is 1.83 bits per heavy atom. The number of halogens is 2. The van der Waals surface area contributed by atoms with Gasteiger partial charge in [-0.05, 0) is 24.3 Å². The normalized spacial score (nSPS) is 11.2. The van der Waals surface area contributed by atoms with E-state index >= 15 is 0 Å². The molecule has 0 bridgehead atoms. The van der Waals surface area contributed by atoms with E-state index in [1.165, 1.54) is 24.5 Å². The summed E-state index contributed by atoms with van der Waals surface area (Å²) in [7, 11) is -3.68. The van der Waals surface area contributed by atoms with Crippen LogP contribution in [-0.2, 0) is 10.0 Å². The maximum Gasteiger partial charge on any atom is 0.263 e. The van der Waals surface area contributed by atoms with Crippen LogP contribution < -0.4 is 4.72 Å². The van der Waals surface area contributed by atoms with E-state index in [2.05, 4.69) is 30.6 Å². The average Bonchev–Trinajstić information content (AvgIpc) is 2.29. The Morgan fingerprint density at radius 1 is 1.17 bits per heavy atom. The molecule has 1 heterocycles. The van der Waals surface area contributed by atoms with E-state index in [9.17, 15) is 8.42 Å². The topological polar surface area (TPSA) is 72.0 Å². The number of hydrogen-bond acceptors (Lipinski definition) is 4. The summed E-state index contributed by atoms with van der Waals surface area (Å²) in [4.78, 5) is 7.68. The van der Waals surface area contributed by atoms with Crippen molar-refractivity contribution in [2.75, 3.05) is 4.72 Å². The zero-order valence-corrected chi connectivity index (χ0v) is 12.0. The van der Waals surface area contributed by atoms with Crippen molar-refractivity contribution in [3.05, 3.63) is 46.3 Å². The highest BCUT2D eigenvalue weighted by Gasteiger charge is 2.14. The molecule has 1 N–H and O–H groups in total. The lowest BCUT2D eigenvalue weighted by Crippen LogP contribution is -2.14. The SMILES string of the molecule is O=S(=O)(Nc1cncc(Cl)n1)c1ccc(Br)cc1. The van der Waals surface area contributed by atoms with Crippen molar-refractivity contribution in [2.45, 2.75) is 4.90 Å². The van der Waals surface area contributed by atoms with Gasteiger partial charge in [0.05, 0.1) is 17.3 Å². The van der Waals surface area contributed by atoms with E-state index in [4.69, 9.17) is 11.6 Å². The number of anilines is 1. The van der Waals surface area contributed by atoms with Gasteiger partial charge in [0, 0.05) is 4.47 Å². The molecule has 1 aromatic carbocycles. The predicted molar refractivity (Wildman–Crippen MR) is 72.0 cm³/mol. The van der Waals surface area contributed by atoms with Gasteiger partial charge in [-0.25, -0.2) is 13.4 Å². The molecule has 0 fully saturated rings. The third kappa shape index (κ3) is 3.18. The number of rotatable bonds is 3. The molecule has 0 aliphatic carbocycles. The first-order chi connectivity index (χ1) is 8.47. The third-order valence-corrected chi connectivity index (χ3v) is 4.05. The number of nitrogens with zero attached hydrogens (tertiary/aromatic N) is 2. The maximum absolute atomic E-state index is 12.0. The molecule has 0 saturated carbocycles. The largest absolute Gasteiger partial charge is 0.263 e. The van der Waals surface area contributed by atoms with E-state index in [0.717, 1.165) is 4.47 Å². The molecule has 0 spiro atoms. The van der Waals surface area contributed by atoms with Gasteiger partial charge in [0.15, 0.2) is 5.82 Å². The summed E-state index contributed by atoms with van der Waals surface area (Å²) in [6.45, 7) is 0. The van der Waals surface area contributed by atoms with Gasteiger partial charge in [0.25, 0.3) is 10.0 Å².